The second kappa shape index (κ2) is 11.5. The van der Waals surface area contributed by atoms with Gasteiger partial charge in [-0.15, -0.1) is 0 Å². The first-order valence-electron chi connectivity index (χ1n) is 12.6. The number of rotatable bonds is 12. The van der Waals surface area contributed by atoms with Crippen LogP contribution in [0.25, 0.3) is 5.82 Å². The van der Waals surface area contributed by atoms with E-state index in [-0.39, 0.29) is 37.1 Å². The van der Waals surface area contributed by atoms with Crippen LogP contribution in [-0.2, 0) is 11.2 Å². The van der Waals surface area contributed by atoms with Crippen LogP contribution < -0.4 is 46.3 Å². The molecule has 11 nitrogen and oxygen atoms in total. The Labute approximate surface area is 235 Å². The van der Waals surface area contributed by atoms with E-state index in [0.717, 1.165) is 5.22 Å². The first-order chi connectivity index (χ1) is 19.0. The number of carbonyl (C=O) groups is 1. The number of anilines is 2. The number of aliphatic carboxylic acids is 1. The summed E-state index contributed by atoms with van der Waals surface area (Å²) in [4.78, 5) is 41.2. The van der Waals surface area contributed by atoms with Crippen molar-refractivity contribution in [3.05, 3.63) is 73.0 Å². The number of hydrogen-bond acceptors (Lipinski definition) is 10. The van der Waals surface area contributed by atoms with Crippen molar-refractivity contribution in [2.45, 2.75) is 45.3 Å². The third kappa shape index (κ3) is 5.42. The Morgan fingerprint density at radius 2 is 1.77 bits per heavy atom. The molecule has 0 spiro atoms. The molecular formula is C28H31ClN4O7. The van der Waals surface area contributed by atoms with Crippen LogP contribution in [0.4, 0.5) is 11.4 Å². The number of halogens is 1. The molecule has 3 aromatic carbocycles. The van der Waals surface area contributed by atoms with Crippen LogP contribution in [0.2, 0.25) is 0 Å². The number of methoxy groups -OCH3 is 2. The van der Waals surface area contributed by atoms with Gasteiger partial charge >= 0.3 is 5.97 Å². The van der Waals surface area contributed by atoms with Crippen LogP contribution in [-0.4, -0.2) is 48.0 Å². The maximum absolute atomic E-state index is 12.4. The third-order valence-electron chi connectivity index (χ3n) is 6.68. The van der Waals surface area contributed by atoms with Gasteiger partial charge in [0.15, 0.2) is 17.2 Å². The van der Waals surface area contributed by atoms with Gasteiger partial charge < -0.3 is 30.0 Å². The van der Waals surface area contributed by atoms with Crippen molar-refractivity contribution in [3.63, 3.8) is 0 Å². The molecule has 3 aromatic rings. The van der Waals surface area contributed by atoms with E-state index >= 15 is 0 Å². The van der Waals surface area contributed by atoms with Crippen molar-refractivity contribution >= 4 is 34.9 Å². The van der Waals surface area contributed by atoms with Crippen LogP contribution in [0.1, 0.15) is 32.8 Å². The number of ether oxygens (including phenoxy) is 3. The lowest BCUT2D eigenvalue weighted by Gasteiger charge is -2.32. The molecule has 1 atom stereocenters. The fourth-order valence-electron chi connectivity index (χ4n) is 4.46. The van der Waals surface area contributed by atoms with Gasteiger partial charge in [0.1, 0.15) is 23.7 Å². The monoisotopic (exact) mass is 570 g/mol. The molecule has 1 aliphatic heterocycles. The fourth-order valence-corrected chi connectivity index (χ4v) is 4.64. The molecule has 0 bridgehead atoms. The van der Waals surface area contributed by atoms with Crippen LogP contribution >= 0.6 is 11.8 Å². The highest BCUT2D eigenvalue weighted by molar-refractivity contribution is 6.17. The summed E-state index contributed by atoms with van der Waals surface area (Å²) in [6.07, 6.45) is -0.150. The van der Waals surface area contributed by atoms with Crippen LogP contribution in [0.15, 0.2) is 51.0 Å². The Morgan fingerprint density at radius 3 is 2.35 bits per heavy atom. The number of nitrogens with one attached hydrogen (secondary N) is 2. The molecular weight excluding hydrogens is 540 g/mol. The van der Waals surface area contributed by atoms with E-state index in [4.69, 9.17) is 26.0 Å². The molecule has 4 rings (SSSR count). The predicted octanol–water partition coefficient (Wildman–Crippen LogP) is 2.20. The van der Waals surface area contributed by atoms with E-state index in [1.807, 2.05) is 0 Å². The average Bonchev–Trinajstić information content (AvgIpc) is 2.95. The predicted molar refractivity (Wildman–Crippen MR) is 151 cm³/mol. The highest BCUT2D eigenvalue weighted by Gasteiger charge is 2.40. The lowest BCUT2D eigenvalue weighted by Crippen LogP contribution is -2.51. The minimum atomic E-state index is -1.53. The summed E-state index contributed by atoms with van der Waals surface area (Å²) in [7, 11) is 3.10. The van der Waals surface area contributed by atoms with Gasteiger partial charge in [-0.25, -0.2) is 9.21 Å². The smallest absolute Gasteiger partial charge is 0.329 e. The van der Waals surface area contributed by atoms with Crippen molar-refractivity contribution in [2.75, 3.05) is 31.5 Å². The molecule has 212 valence electrons. The lowest BCUT2D eigenvalue weighted by molar-refractivity contribution is -0.142. The van der Waals surface area contributed by atoms with Gasteiger partial charge in [0.25, 0.3) is 10.9 Å². The molecule has 40 heavy (non-hydrogen) atoms. The number of fused-ring (bicyclic) bond motifs is 1. The Bertz CT molecular complexity index is 1610. The van der Waals surface area contributed by atoms with E-state index in [2.05, 4.69) is 15.6 Å². The molecule has 0 aromatic heterocycles. The molecule has 3 N–H and O–H groups in total. The number of carboxylic acid groups (broad SMARTS) is 1. The number of hydrogen-bond donors (Lipinski definition) is 3. The summed E-state index contributed by atoms with van der Waals surface area (Å²) in [5.41, 5.74) is -1.79. The summed E-state index contributed by atoms with van der Waals surface area (Å²) in [5, 5.41) is 17.7. The van der Waals surface area contributed by atoms with Gasteiger partial charge in [0.2, 0.25) is 0 Å². The zero-order valence-electron chi connectivity index (χ0n) is 22.8. The van der Waals surface area contributed by atoms with Crippen molar-refractivity contribution < 1.29 is 24.1 Å². The highest BCUT2D eigenvalue weighted by Crippen LogP contribution is 2.29. The Morgan fingerprint density at radius 1 is 1.12 bits per heavy atom. The highest BCUT2D eigenvalue weighted by atomic mass is 35.5. The number of nitrogens with zero attached hydrogens (tertiary/aromatic N) is 2. The van der Waals surface area contributed by atoms with Crippen LogP contribution in [0.3, 0.4) is 0 Å². The Hall–Kier alpha value is -4.25. The standard InChI is InChI=1S/C28H31ClN4O7/c1-6-28(27(36)37,32-22-23(34)24(35)25(22)40-15(2)3)13-16-7-9-17(10-8-16)31-26-18-11-20(38-4)21(39-5)12-19(18)30-14-33(26)29/h7-12,15,31-32H,6,13-14H2,1-5H3,(H,36,37)/t28-/m0/s1. The minimum Gasteiger partial charge on any atom is -0.493 e. The molecule has 0 saturated heterocycles. The van der Waals surface area contributed by atoms with Gasteiger partial charge in [-0.2, -0.15) is 0 Å². The van der Waals surface area contributed by atoms with E-state index in [9.17, 15) is 19.5 Å². The van der Waals surface area contributed by atoms with Crippen molar-refractivity contribution in [2.24, 2.45) is 4.99 Å². The summed E-state index contributed by atoms with van der Waals surface area (Å²) >= 11 is 6.46. The second-order valence-electron chi connectivity index (χ2n) is 9.63. The number of carboxylic acids is 1. The molecule has 1 heterocycles. The van der Waals surface area contributed by atoms with Crippen molar-refractivity contribution in [1.82, 2.24) is 4.42 Å². The maximum atomic E-state index is 12.4. The van der Waals surface area contributed by atoms with Gasteiger partial charge in [-0.1, -0.05) is 19.1 Å². The molecule has 0 radical (unpaired) electrons. The van der Waals surface area contributed by atoms with Gasteiger partial charge in [0.05, 0.1) is 25.7 Å². The number of benzene rings is 2. The first-order valence-corrected chi connectivity index (χ1v) is 13.0. The molecule has 0 amide bonds. The third-order valence-corrected chi connectivity index (χ3v) is 6.96. The molecule has 1 aliphatic rings. The normalized spacial score (nSPS) is 14.3. The first kappa shape index (κ1) is 28.8. The maximum Gasteiger partial charge on any atom is 0.329 e. The summed E-state index contributed by atoms with van der Waals surface area (Å²) in [6.45, 7) is 5.35. The summed E-state index contributed by atoms with van der Waals surface area (Å²) in [6, 6.07) is 10.7. The molecule has 0 fully saturated rings. The van der Waals surface area contributed by atoms with E-state index < -0.39 is 22.4 Å². The van der Waals surface area contributed by atoms with E-state index in [0.29, 0.717) is 33.9 Å². The topological polar surface area (TPSA) is 139 Å². The summed E-state index contributed by atoms with van der Waals surface area (Å²) < 4.78 is 17.7. The SMILES string of the molecule is CC[C@@](Cc1ccc(NC2=c3cc(OC)c(OC)cc3=NCN2Cl)cc1)(Nc1c(OC(C)C)c(=O)c1=O)C(=O)O. The van der Waals surface area contributed by atoms with Crippen LogP contribution in [0, 0.1) is 0 Å². The van der Waals surface area contributed by atoms with E-state index in [1.54, 1.807) is 71.4 Å². The van der Waals surface area contributed by atoms with Crippen LogP contribution in [0.5, 0.6) is 17.2 Å². The summed E-state index contributed by atoms with van der Waals surface area (Å²) in [5.74, 6) is 0.387. The second-order valence-corrected chi connectivity index (χ2v) is 10.0. The average molecular weight is 571 g/mol. The van der Waals surface area contributed by atoms with Gasteiger partial charge in [-0.3, -0.25) is 14.6 Å². The van der Waals surface area contributed by atoms with Crippen molar-refractivity contribution in [1.29, 1.82) is 0 Å². The Balaban J connectivity index is 1.62. The fraction of sp³-hybridized carbons (Fsp3) is 0.357. The molecule has 12 heteroatoms. The molecule has 0 saturated carbocycles. The largest absolute Gasteiger partial charge is 0.493 e. The zero-order chi connectivity index (χ0) is 29.2. The molecule has 0 unspecified atom stereocenters. The molecule has 0 aliphatic carbocycles. The lowest BCUT2D eigenvalue weighted by atomic mass is 9.87. The van der Waals surface area contributed by atoms with Gasteiger partial charge in [-0.05, 0) is 44.0 Å². The quantitative estimate of drug-likeness (QED) is 0.219. The minimum absolute atomic E-state index is 0.0515. The Kier molecular flexibility index (Phi) is 8.24. The van der Waals surface area contributed by atoms with Crippen molar-refractivity contribution in [3.8, 4) is 17.2 Å². The zero-order valence-corrected chi connectivity index (χ0v) is 23.6. The van der Waals surface area contributed by atoms with Gasteiger partial charge in [0, 0.05) is 35.2 Å². The van der Waals surface area contributed by atoms with E-state index in [1.165, 1.54) is 4.42 Å².